The number of benzene rings is 2. The predicted octanol–water partition coefficient (Wildman–Crippen LogP) is 3.27. The highest BCUT2D eigenvalue weighted by Gasteiger charge is 2.23. The van der Waals surface area contributed by atoms with Crippen LogP contribution in [-0.4, -0.2) is 53.5 Å². The molecule has 0 aliphatic carbocycles. The number of nitrogens with one attached hydrogen (secondary N) is 2. The van der Waals surface area contributed by atoms with Crippen LogP contribution in [0.4, 0.5) is 5.69 Å². The van der Waals surface area contributed by atoms with Gasteiger partial charge in [-0.3, -0.25) is 4.99 Å². The molecule has 1 unspecified atom stereocenters. The maximum atomic E-state index is 5.51. The molecule has 0 spiro atoms. The van der Waals surface area contributed by atoms with Crippen molar-refractivity contribution in [1.29, 1.82) is 0 Å². The molecule has 1 saturated heterocycles. The van der Waals surface area contributed by atoms with E-state index in [1.54, 1.807) is 28.4 Å². The van der Waals surface area contributed by atoms with Gasteiger partial charge in [-0.15, -0.1) is 24.0 Å². The fraction of sp³-hybridized carbons (Fsp3) is 0.409. The Bertz CT molecular complexity index is 833. The van der Waals surface area contributed by atoms with Gasteiger partial charge >= 0.3 is 0 Å². The number of rotatable bonds is 7. The van der Waals surface area contributed by atoms with Gasteiger partial charge in [0.25, 0.3) is 0 Å². The van der Waals surface area contributed by atoms with Crippen LogP contribution < -0.4 is 29.7 Å². The quantitative estimate of drug-likeness (QED) is 0.328. The molecule has 0 radical (unpaired) electrons. The van der Waals surface area contributed by atoms with Crippen molar-refractivity contribution in [3.63, 3.8) is 0 Å². The first kappa shape index (κ1) is 23.9. The maximum absolute atomic E-state index is 5.51. The third kappa shape index (κ3) is 5.84. The zero-order valence-electron chi connectivity index (χ0n) is 18.0. The molecule has 30 heavy (non-hydrogen) atoms. The van der Waals surface area contributed by atoms with Crippen molar-refractivity contribution in [2.75, 3.05) is 46.4 Å². The third-order valence-electron chi connectivity index (χ3n) is 5.11. The van der Waals surface area contributed by atoms with Crippen LogP contribution in [0, 0.1) is 0 Å². The van der Waals surface area contributed by atoms with Gasteiger partial charge in [-0.25, -0.2) is 0 Å². The summed E-state index contributed by atoms with van der Waals surface area (Å²) in [6.07, 6.45) is 1.06. The molecule has 0 saturated carbocycles. The molecule has 2 aromatic rings. The van der Waals surface area contributed by atoms with E-state index in [-0.39, 0.29) is 24.0 Å². The molecule has 3 rings (SSSR count). The largest absolute Gasteiger partial charge is 0.496 e. The fourth-order valence-electron chi connectivity index (χ4n) is 3.55. The van der Waals surface area contributed by atoms with Crippen molar-refractivity contribution in [2.24, 2.45) is 4.99 Å². The van der Waals surface area contributed by atoms with Crippen LogP contribution in [0.15, 0.2) is 47.5 Å². The summed E-state index contributed by atoms with van der Waals surface area (Å²) in [6, 6.07) is 14.6. The molecule has 164 valence electrons. The molecule has 0 amide bonds. The number of hydrogen-bond donors (Lipinski definition) is 2. The van der Waals surface area contributed by atoms with E-state index < -0.39 is 0 Å². The van der Waals surface area contributed by atoms with Gasteiger partial charge in [0, 0.05) is 50.0 Å². The zero-order valence-corrected chi connectivity index (χ0v) is 20.3. The van der Waals surface area contributed by atoms with E-state index in [9.17, 15) is 0 Å². The highest BCUT2D eigenvalue weighted by molar-refractivity contribution is 14.0. The SMILES string of the molecule is CN=C(NCc1cc(OC)c(OC)cc1OC)NC1CCN(c2ccccc2)C1.I. The number of nitrogens with zero attached hydrogens (tertiary/aromatic N) is 2. The van der Waals surface area contributed by atoms with E-state index in [4.69, 9.17) is 14.2 Å². The van der Waals surface area contributed by atoms with Gasteiger partial charge in [0.05, 0.1) is 21.3 Å². The number of para-hydroxylation sites is 1. The van der Waals surface area contributed by atoms with E-state index in [1.807, 2.05) is 18.2 Å². The normalized spacial score (nSPS) is 15.9. The number of guanidine groups is 1. The molecule has 1 aliphatic rings. The molecule has 7 nitrogen and oxygen atoms in total. The summed E-state index contributed by atoms with van der Waals surface area (Å²) in [5.41, 5.74) is 2.22. The van der Waals surface area contributed by atoms with Crippen LogP contribution in [0.2, 0.25) is 0 Å². The lowest BCUT2D eigenvalue weighted by atomic mass is 10.1. The van der Waals surface area contributed by atoms with Crippen molar-refractivity contribution < 1.29 is 14.2 Å². The third-order valence-corrected chi connectivity index (χ3v) is 5.11. The Morgan fingerprint density at radius 2 is 1.70 bits per heavy atom. The molecule has 2 aromatic carbocycles. The zero-order chi connectivity index (χ0) is 20.6. The van der Waals surface area contributed by atoms with E-state index in [2.05, 4.69) is 44.8 Å². The second-order valence-electron chi connectivity index (χ2n) is 6.86. The Morgan fingerprint density at radius 1 is 1.03 bits per heavy atom. The van der Waals surface area contributed by atoms with Gasteiger partial charge in [-0.1, -0.05) is 18.2 Å². The molecule has 1 aliphatic heterocycles. The Balaban J connectivity index is 0.00000320. The van der Waals surface area contributed by atoms with Gasteiger partial charge in [0.15, 0.2) is 17.5 Å². The van der Waals surface area contributed by atoms with Gasteiger partial charge in [-0.05, 0) is 24.6 Å². The molecule has 8 heteroatoms. The van der Waals surface area contributed by atoms with E-state index in [1.165, 1.54) is 5.69 Å². The van der Waals surface area contributed by atoms with Gasteiger partial charge < -0.3 is 29.7 Å². The maximum Gasteiger partial charge on any atom is 0.191 e. The first-order valence-electron chi connectivity index (χ1n) is 9.74. The van der Waals surface area contributed by atoms with E-state index >= 15 is 0 Å². The minimum atomic E-state index is 0. The first-order chi connectivity index (χ1) is 14.2. The Labute approximate surface area is 195 Å². The minimum absolute atomic E-state index is 0. The van der Waals surface area contributed by atoms with Crippen molar-refractivity contribution in [3.8, 4) is 17.2 Å². The predicted molar refractivity (Wildman–Crippen MR) is 132 cm³/mol. The van der Waals surface area contributed by atoms with E-state index in [0.717, 1.165) is 36.8 Å². The minimum Gasteiger partial charge on any atom is -0.496 e. The molecule has 2 N–H and O–H groups in total. The summed E-state index contributed by atoms with van der Waals surface area (Å²) in [7, 11) is 6.67. The van der Waals surface area contributed by atoms with Gasteiger partial charge in [0.2, 0.25) is 0 Å². The van der Waals surface area contributed by atoms with E-state index in [0.29, 0.717) is 24.1 Å². The van der Waals surface area contributed by atoms with Crippen LogP contribution in [0.3, 0.4) is 0 Å². The molecule has 0 aromatic heterocycles. The summed E-state index contributed by atoms with van der Waals surface area (Å²) in [5.74, 6) is 2.81. The molecule has 1 atom stereocenters. The van der Waals surface area contributed by atoms with Crippen LogP contribution >= 0.6 is 24.0 Å². The Kier molecular flexibility index (Phi) is 9.35. The highest BCUT2D eigenvalue weighted by Crippen LogP contribution is 2.34. The summed E-state index contributed by atoms with van der Waals surface area (Å²) in [6.45, 7) is 2.53. The smallest absolute Gasteiger partial charge is 0.191 e. The average molecular weight is 526 g/mol. The van der Waals surface area contributed by atoms with Crippen LogP contribution in [-0.2, 0) is 6.54 Å². The second kappa shape index (κ2) is 11.7. The second-order valence-corrected chi connectivity index (χ2v) is 6.86. The van der Waals surface area contributed by atoms with Crippen molar-refractivity contribution in [2.45, 2.75) is 19.0 Å². The van der Waals surface area contributed by atoms with Crippen LogP contribution in [0.25, 0.3) is 0 Å². The molecule has 1 heterocycles. The number of hydrogen-bond acceptors (Lipinski definition) is 5. The lowest BCUT2D eigenvalue weighted by Gasteiger charge is -2.21. The lowest BCUT2D eigenvalue weighted by molar-refractivity contribution is 0.347. The van der Waals surface area contributed by atoms with Gasteiger partial charge in [-0.2, -0.15) is 0 Å². The first-order valence-corrected chi connectivity index (χ1v) is 9.74. The molecule has 0 bridgehead atoms. The summed E-state index contributed by atoms with van der Waals surface area (Å²) < 4.78 is 16.3. The van der Waals surface area contributed by atoms with Crippen LogP contribution in [0.5, 0.6) is 17.2 Å². The van der Waals surface area contributed by atoms with Crippen LogP contribution in [0.1, 0.15) is 12.0 Å². The number of halogens is 1. The summed E-state index contributed by atoms with van der Waals surface area (Å²) in [4.78, 5) is 6.77. The fourth-order valence-corrected chi connectivity index (χ4v) is 3.55. The number of ether oxygens (including phenoxy) is 3. The standard InChI is InChI=1S/C22H30N4O3.HI/c1-23-22(25-17-10-11-26(15-17)18-8-6-5-7-9-18)24-14-16-12-20(28-3)21(29-4)13-19(16)27-2;/h5-9,12-13,17H,10-11,14-15H2,1-4H3,(H2,23,24,25);1H. The van der Waals surface area contributed by atoms with Gasteiger partial charge in [0.1, 0.15) is 5.75 Å². The molecule has 1 fully saturated rings. The topological polar surface area (TPSA) is 67.4 Å². The number of aliphatic imine (C=N–C) groups is 1. The molecular formula is C22H31IN4O3. The lowest BCUT2D eigenvalue weighted by Crippen LogP contribution is -2.44. The summed E-state index contributed by atoms with van der Waals surface area (Å²) >= 11 is 0. The molecular weight excluding hydrogens is 495 g/mol. The number of methoxy groups -OCH3 is 3. The average Bonchev–Trinajstić information content (AvgIpc) is 3.25. The van der Waals surface area contributed by atoms with Crippen molar-refractivity contribution in [3.05, 3.63) is 48.0 Å². The summed E-state index contributed by atoms with van der Waals surface area (Å²) in [5, 5.41) is 6.90. The van der Waals surface area contributed by atoms with Crippen molar-refractivity contribution in [1.82, 2.24) is 10.6 Å². The Hall–Kier alpha value is -2.36. The monoisotopic (exact) mass is 526 g/mol. The van der Waals surface area contributed by atoms with Crippen molar-refractivity contribution >= 4 is 35.6 Å². The number of anilines is 1. The Morgan fingerprint density at radius 3 is 2.33 bits per heavy atom. The highest BCUT2D eigenvalue weighted by atomic mass is 127.